The summed E-state index contributed by atoms with van der Waals surface area (Å²) >= 11 is 5.72. The van der Waals surface area contributed by atoms with E-state index < -0.39 is 5.69 Å². The van der Waals surface area contributed by atoms with E-state index in [-0.39, 0.29) is 5.56 Å². The van der Waals surface area contributed by atoms with Crippen LogP contribution in [0.15, 0.2) is 17.1 Å². The number of aromatic nitrogens is 3. The van der Waals surface area contributed by atoms with Crippen molar-refractivity contribution in [2.24, 2.45) is 5.92 Å². The lowest BCUT2D eigenvalue weighted by atomic mass is 9.98. The highest BCUT2D eigenvalue weighted by Crippen LogP contribution is 2.51. The van der Waals surface area contributed by atoms with Gasteiger partial charge < -0.3 is 19.4 Å². The topological polar surface area (TPSA) is 112 Å². The van der Waals surface area contributed by atoms with Crippen molar-refractivity contribution in [3.63, 3.8) is 0 Å². The molecule has 1 aliphatic rings. The normalized spacial score (nSPS) is 16.4. The zero-order chi connectivity index (χ0) is 18.0. The van der Waals surface area contributed by atoms with E-state index in [4.69, 9.17) is 4.74 Å². The first-order valence-electron chi connectivity index (χ1n) is 7.75. The molecule has 25 heavy (non-hydrogen) atoms. The van der Waals surface area contributed by atoms with Gasteiger partial charge in [0.1, 0.15) is 5.82 Å². The number of pyridine rings is 1. The van der Waals surface area contributed by atoms with Crippen LogP contribution in [0.1, 0.15) is 12.8 Å². The van der Waals surface area contributed by atoms with Crippen LogP contribution in [0.5, 0.6) is 5.88 Å². The van der Waals surface area contributed by atoms with Gasteiger partial charge in [0.25, 0.3) is 5.56 Å². The zero-order valence-corrected chi connectivity index (χ0v) is 16.1. The Morgan fingerprint density at radius 3 is 2.84 bits per heavy atom. The van der Waals surface area contributed by atoms with Crippen LogP contribution in [-0.4, -0.2) is 50.9 Å². The molecule has 0 radical (unpaired) electrons. The third kappa shape index (κ3) is 4.51. The maximum Gasteiger partial charge on any atom is 0.275 e. The van der Waals surface area contributed by atoms with Crippen molar-refractivity contribution in [1.82, 2.24) is 15.2 Å². The standard InChI is InChI=1S/C14H19N4O4PS2/c1-22-11-6-10-7-15-17-14(19)12(10)13(16-11)18-4-2-9(3-5-18)8-25-23(20,21)24/h6-7,9H,2-5,8H2,1H3,(H,17,19)(H2,20,21,24). The molecular weight excluding hydrogens is 383 g/mol. The number of H-pyrrole nitrogens is 1. The van der Waals surface area contributed by atoms with Gasteiger partial charge in [-0.3, -0.25) is 4.79 Å². The van der Waals surface area contributed by atoms with Crippen LogP contribution >= 0.6 is 17.1 Å². The lowest BCUT2D eigenvalue weighted by Gasteiger charge is -2.33. The van der Waals surface area contributed by atoms with Gasteiger partial charge in [0.05, 0.1) is 18.7 Å². The molecule has 0 aliphatic carbocycles. The van der Waals surface area contributed by atoms with Gasteiger partial charge >= 0.3 is 0 Å². The highest BCUT2D eigenvalue weighted by Gasteiger charge is 2.24. The molecule has 0 aromatic carbocycles. The Morgan fingerprint density at radius 1 is 1.48 bits per heavy atom. The van der Waals surface area contributed by atoms with Crippen molar-refractivity contribution < 1.29 is 14.5 Å². The number of fused-ring (bicyclic) bond motifs is 1. The van der Waals surface area contributed by atoms with Crippen molar-refractivity contribution in [1.29, 1.82) is 0 Å². The van der Waals surface area contributed by atoms with Crippen molar-refractivity contribution in [2.45, 2.75) is 12.8 Å². The number of hydrogen-bond acceptors (Lipinski definition) is 7. The lowest BCUT2D eigenvalue weighted by molar-refractivity contribution is 0.396. The van der Waals surface area contributed by atoms with Gasteiger partial charge in [-0.05, 0) is 30.6 Å². The molecule has 3 N–H and O–H groups in total. The van der Waals surface area contributed by atoms with Crippen LogP contribution in [-0.2, 0) is 11.8 Å². The molecule has 136 valence electrons. The number of rotatable bonds is 5. The summed E-state index contributed by atoms with van der Waals surface area (Å²) in [7, 11) is 1.54. The SMILES string of the molecule is COc1cc2cn[nH]c(=O)c2c(N2CCC(CSP(O)(O)=S)CC2)n1. The van der Waals surface area contributed by atoms with Crippen molar-refractivity contribution in [2.75, 3.05) is 30.9 Å². The summed E-state index contributed by atoms with van der Waals surface area (Å²) in [6.45, 7) is 1.45. The summed E-state index contributed by atoms with van der Waals surface area (Å²) in [6.07, 6.45) is 3.32. The fraction of sp³-hybridized carbons (Fsp3) is 0.500. The number of nitrogens with one attached hydrogen (secondary N) is 1. The quantitative estimate of drug-likeness (QED) is 0.640. The van der Waals surface area contributed by atoms with Crippen molar-refractivity contribution in [3.05, 3.63) is 22.6 Å². The second kappa shape index (κ2) is 7.59. The Morgan fingerprint density at radius 2 is 2.20 bits per heavy atom. The van der Waals surface area contributed by atoms with Gasteiger partial charge in [-0.1, -0.05) is 11.4 Å². The molecule has 1 aliphatic heterocycles. The minimum Gasteiger partial charge on any atom is -0.481 e. The Balaban J connectivity index is 1.81. The van der Waals surface area contributed by atoms with E-state index in [0.29, 0.717) is 34.1 Å². The molecular formula is C14H19N4O4PS2. The molecule has 0 saturated carbocycles. The van der Waals surface area contributed by atoms with E-state index in [2.05, 4.69) is 31.9 Å². The third-order valence-electron chi connectivity index (χ3n) is 4.21. The fourth-order valence-corrected chi connectivity index (χ4v) is 5.43. The molecule has 0 unspecified atom stereocenters. The molecule has 2 aromatic heterocycles. The molecule has 1 fully saturated rings. The van der Waals surface area contributed by atoms with E-state index in [1.807, 2.05) is 0 Å². The van der Waals surface area contributed by atoms with Gasteiger partial charge in [0.2, 0.25) is 11.6 Å². The van der Waals surface area contributed by atoms with E-state index >= 15 is 0 Å². The van der Waals surface area contributed by atoms with Crippen LogP contribution in [0.3, 0.4) is 0 Å². The zero-order valence-electron chi connectivity index (χ0n) is 13.6. The average molecular weight is 402 g/mol. The molecule has 11 heteroatoms. The molecule has 3 rings (SSSR count). The number of aromatic amines is 1. The van der Waals surface area contributed by atoms with Crippen LogP contribution in [0, 0.1) is 5.92 Å². The van der Waals surface area contributed by atoms with Gasteiger partial charge in [-0.15, -0.1) is 0 Å². The summed E-state index contributed by atoms with van der Waals surface area (Å²) < 4.78 is 5.25. The summed E-state index contributed by atoms with van der Waals surface area (Å²) in [5.74, 6) is 2.03. The Bertz CT molecular complexity index is 864. The number of piperidine rings is 1. The number of anilines is 1. The first-order chi connectivity index (χ1) is 11.9. The molecule has 0 atom stereocenters. The Labute approximate surface area is 153 Å². The van der Waals surface area contributed by atoms with Gasteiger partial charge in [-0.2, -0.15) is 10.1 Å². The van der Waals surface area contributed by atoms with Crippen LogP contribution in [0.25, 0.3) is 10.8 Å². The third-order valence-corrected chi connectivity index (χ3v) is 7.57. The predicted octanol–water partition coefficient (Wildman–Crippen LogP) is 1.49. The average Bonchev–Trinajstić information content (AvgIpc) is 2.59. The molecule has 2 aromatic rings. The molecule has 0 amide bonds. The van der Waals surface area contributed by atoms with E-state index in [0.717, 1.165) is 37.3 Å². The molecule has 0 spiro atoms. The Hall–Kier alpha value is -1.19. The minimum atomic E-state index is -3.20. The van der Waals surface area contributed by atoms with E-state index in [1.54, 1.807) is 12.3 Å². The lowest BCUT2D eigenvalue weighted by Crippen LogP contribution is -2.35. The van der Waals surface area contributed by atoms with Gasteiger partial charge in [0.15, 0.2) is 0 Å². The fourth-order valence-electron chi connectivity index (χ4n) is 2.92. The molecule has 8 nitrogen and oxygen atoms in total. The number of methoxy groups -OCH3 is 1. The van der Waals surface area contributed by atoms with Crippen LogP contribution in [0.2, 0.25) is 0 Å². The molecule has 3 heterocycles. The van der Waals surface area contributed by atoms with E-state index in [1.165, 1.54) is 7.11 Å². The second-order valence-electron chi connectivity index (χ2n) is 5.87. The first kappa shape index (κ1) is 18.6. The highest BCUT2D eigenvalue weighted by molar-refractivity contribution is 8.67. The molecule has 1 saturated heterocycles. The maximum atomic E-state index is 12.2. The summed E-state index contributed by atoms with van der Waals surface area (Å²) in [5, 5.41) is 7.48. The van der Waals surface area contributed by atoms with Gasteiger partial charge in [0, 0.05) is 30.3 Å². The summed E-state index contributed by atoms with van der Waals surface area (Å²) in [6, 6.07) is 1.69. The smallest absolute Gasteiger partial charge is 0.275 e. The number of nitrogens with zero attached hydrogens (tertiary/aromatic N) is 3. The molecule has 0 bridgehead atoms. The monoisotopic (exact) mass is 402 g/mol. The summed E-state index contributed by atoms with van der Waals surface area (Å²) in [4.78, 5) is 37.5. The number of hydrogen-bond donors (Lipinski definition) is 3. The van der Waals surface area contributed by atoms with Crippen molar-refractivity contribution in [3.8, 4) is 5.88 Å². The van der Waals surface area contributed by atoms with Crippen LogP contribution in [0.4, 0.5) is 5.82 Å². The largest absolute Gasteiger partial charge is 0.481 e. The van der Waals surface area contributed by atoms with Crippen molar-refractivity contribution >= 4 is 45.5 Å². The highest BCUT2D eigenvalue weighted by atomic mass is 32.9. The first-order valence-corrected chi connectivity index (χ1v) is 12.0. The van der Waals surface area contributed by atoms with Gasteiger partial charge in [-0.25, -0.2) is 5.10 Å². The number of ether oxygens (including phenoxy) is 1. The second-order valence-corrected chi connectivity index (χ2v) is 12.0. The summed E-state index contributed by atoms with van der Waals surface area (Å²) in [5.41, 5.74) is -3.48. The Kier molecular flexibility index (Phi) is 5.65. The predicted molar refractivity (Wildman–Crippen MR) is 103 cm³/mol. The minimum absolute atomic E-state index is 0.276. The maximum absolute atomic E-state index is 12.2. The van der Waals surface area contributed by atoms with Crippen LogP contribution < -0.4 is 15.2 Å². The van der Waals surface area contributed by atoms with E-state index in [9.17, 15) is 14.6 Å².